The first-order valence-electron chi connectivity index (χ1n) is 6.74. The number of imide groups is 2. The summed E-state index contributed by atoms with van der Waals surface area (Å²) < 4.78 is 0. The van der Waals surface area contributed by atoms with Crippen LogP contribution in [0, 0.1) is 16.7 Å². The van der Waals surface area contributed by atoms with Crippen molar-refractivity contribution in [3.05, 3.63) is 29.8 Å². The van der Waals surface area contributed by atoms with Crippen molar-refractivity contribution < 1.29 is 14.4 Å². The molecule has 1 aromatic rings. The second-order valence-electron chi connectivity index (χ2n) is 5.34. The van der Waals surface area contributed by atoms with Crippen LogP contribution in [0.4, 0.5) is 10.5 Å². The second kappa shape index (κ2) is 4.70. The van der Waals surface area contributed by atoms with E-state index in [9.17, 15) is 14.4 Å². The molecule has 0 atom stereocenters. The smallest absolute Gasteiger partial charge is 0.276 e. The number of hydrogen-bond acceptors (Lipinski definition) is 4. The maximum absolute atomic E-state index is 12.6. The fourth-order valence-corrected chi connectivity index (χ4v) is 2.74. The normalized spacial score (nSPS) is 20.0. The number of carbonyl (C=O) groups excluding carboxylic acids is 3. The summed E-state index contributed by atoms with van der Waals surface area (Å²) in [5.41, 5.74) is 0.151. The first kappa shape index (κ1) is 13.3. The zero-order valence-electron chi connectivity index (χ0n) is 11.3. The molecule has 0 aromatic heterocycles. The Balaban J connectivity index is 1.93. The van der Waals surface area contributed by atoms with Gasteiger partial charge in [-0.05, 0) is 30.5 Å². The SMILES string of the molecule is N#CCc1ccc(N2C(=O)NC(=O)C3(CCC3)C2=O)cc1. The molecule has 2 fully saturated rings. The highest BCUT2D eigenvalue weighted by molar-refractivity contribution is 6.30. The largest absolute Gasteiger partial charge is 0.335 e. The lowest BCUT2D eigenvalue weighted by Crippen LogP contribution is -2.66. The fraction of sp³-hybridized carbons (Fsp3) is 0.333. The van der Waals surface area contributed by atoms with Crippen molar-refractivity contribution in [1.29, 1.82) is 5.26 Å². The van der Waals surface area contributed by atoms with Gasteiger partial charge in [-0.3, -0.25) is 14.9 Å². The summed E-state index contributed by atoms with van der Waals surface area (Å²) in [5, 5.41) is 10.9. The van der Waals surface area contributed by atoms with Gasteiger partial charge >= 0.3 is 6.03 Å². The molecule has 1 aromatic carbocycles. The molecular weight excluding hydrogens is 270 g/mol. The summed E-state index contributed by atoms with van der Waals surface area (Å²) in [5.74, 6) is -0.934. The van der Waals surface area contributed by atoms with Crippen molar-refractivity contribution in [2.45, 2.75) is 25.7 Å². The molecule has 3 rings (SSSR count). The van der Waals surface area contributed by atoms with Gasteiger partial charge in [0.2, 0.25) is 5.91 Å². The monoisotopic (exact) mass is 283 g/mol. The van der Waals surface area contributed by atoms with Gasteiger partial charge in [0.15, 0.2) is 0 Å². The number of nitrogens with one attached hydrogen (secondary N) is 1. The van der Waals surface area contributed by atoms with Crippen LogP contribution in [-0.4, -0.2) is 17.8 Å². The van der Waals surface area contributed by atoms with E-state index in [4.69, 9.17) is 5.26 Å². The number of nitrogens with zero attached hydrogens (tertiary/aromatic N) is 2. The van der Waals surface area contributed by atoms with Crippen molar-refractivity contribution in [2.75, 3.05) is 4.90 Å². The van der Waals surface area contributed by atoms with Gasteiger partial charge in [0.1, 0.15) is 5.41 Å². The molecule has 21 heavy (non-hydrogen) atoms. The average Bonchev–Trinajstić information content (AvgIpc) is 2.39. The number of barbiturate groups is 1. The summed E-state index contributed by atoms with van der Waals surface area (Å²) in [6, 6.07) is 7.95. The third kappa shape index (κ3) is 1.89. The summed E-state index contributed by atoms with van der Waals surface area (Å²) >= 11 is 0. The van der Waals surface area contributed by atoms with Crippen LogP contribution in [0.5, 0.6) is 0 Å². The molecule has 0 unspecified atom stereocenters. The topological polar surface area (TPSA) is 90.3 Å². The summed E-state index contributed by atoms with van der Waals surface area (Å²) in [4.78, 5) is 37.5. The lowest BCUT2D eigenvalue weighted by atomic mass is 9.66. The summed E-state index contributed by atoms with van der Waals surface area (Å²) in [6.45, 7) is 0. The van der Waals surface area contributed by atoms with E-state index in [0.29, 0.717) is 18.5 Å². The van der Waals surface area contributed by atoms with Crippen LogP contribution in [0.25, 0.3) is 0 Å². The van der Waals surface area contributed by atoms with Crippen molar-refractivity contribution in [1.82, 2.24) is 5.32 Å². The second-order valence-corrected chi connectivity index (χ2v) is 5.34. The number of hydrogen-bond donors (Lipinski definition) is 1. The van der Waals surface area contributed by atoms with Gasteiger partial charge in [-0.25, -0.2) is 9.69 Å². The molecule has 4 amide bonds. The Morgan fingerprint density at radius 3 is 2.38 bits per heavy atom. The molecule has 6 nitrogen and oxygen atoms in total. The zero-order valence-corrected chi connectivity index (χ0v) is 11.3. The number of carbonyl (C=O) groups is 3. The molecule has 2 aliphatic rings. The Morgan fingerprint density at radius 2 is 1.86 bits per heavy atom. The Morgan fingerprint density at radius 1 is 1.19 bits per heavy atom. The van der Waals surface area contributed by atoms with Gasteiger partial charge in [0, 0.05) is 0 Å². The first-order chi connectivity index (χ1) is 10.1. The van der Waals surface area contributed by atoms with E-state index in [1.54, 1.807) is 24.3 Å². The average molecular weight is 283 g/mol. The van der Waals surface area contributed by atoms with Gasteiger partial charge < -0.3 is 0 Å². The van der Waals surface area contributed by atoms with Crippen LogP contribution in [0.1, 0.15) is 24.8 Å². The van der Waals surface area contributed by atoms with E-state index >= 15 is 0 Å². The number of anilines is 1. The highest BCUT2D eigenvalue weighted by Crippen LogP contribution is 2.45. The van der Waals surface area contributed by atoms with Gasteiger partial charge in [-0.2, -0.15) is 5.26 Å². The van der Waals surface area contributed by atoms with Gasteiger partial charge in [0.25, 0.3) is 5.91 Å². The minimum absolute atomic E-state index is 0.267. The predicted octanol–water partition coefficient (Wildman–Crippen LogP) is 1.51. The Labute approximate surface area is 121 Å². The Hall–Kier alpha value is -2.68. The van der Waals surface area contributed by atoms with Crippen molar-refractivity contribution >= 4 is 23.5 Å². The highest BCUT2D eigenvalue weighted by atomic mass is 16.2. The molecule has 0 radical (unpaired) electrons. The van der Waals surface area contributed by atoms with Gasteiger partial charge in [-0.15, -0.1) is 0 Å². The van der Waals surface area contributed by atoms with E-state index in [0.717, 1.165) is 16.9 Å². The lowest BCUT2D eigenvalue weighted by molar-refractivity contribution is -0.148. The van der Waals surface area contributed by atoms with Crippen molar-refractivity contribution in [2.24, 2.45) is 5.41 Å². The molecule has 1 N–H and O–H groups in total. The first-order valence-corrected chi connectivity index (χ1v) is 6.74. The van der Waals surface area contributed by atoms with Crippen LogP contribution < -0.4 is 10.2 Å². The molecule has 1 saturated heterocycles. The molecule has 1 aliphatic heterocycles. The number of urea groups is 1. The lowest BCUT2D eigenvalue weighted by Gasteiger charge is -2.44. The fourth-order valence-electron chi connectivity index (χ4n) is 2.74. The minimum atomic E-state index is -1.07. The van der Waals surface area contributed by atoms with Crippen LogP contribution in [0.3, 0.4) is 0 Å². The Bertz CT molecular complexity index is 668. The predicted molar refractivity (Wildman–Crippen MR) is 73.1 cm³/mol. The number of amides is 4. The van der Waals surface area contributed by atoms with Crippen LogP contribution in [0.15, 0.2) is 24.3 Å². The maximum Gasteiger partial charge on any atom is 0.335 e. The zero-order chi connectivity index (χ0) is 15.0. The summed E-state index contributed by atoms with van der Waals surface area (Å²) in [6.07, 6.45) is 2.03. The van der Waals surface area contributed by atoms with Crippen molar-refractivity contribution in [3.8, 4) is 6.07 Å². The minimum Gasteiger partial charge on any atom is -0.276 e. The molecule has 106 valence electrons. The van der Waals surface area contributed by atoms with Gasteiger partial charge in [0.05, 0.1) is 18.2 Å². The van der Waals surface area contributed by atoms with Crippen molar-refractivity contribution in [3.63, 3.8) is 0 Å². The van der Waals surface area contributed by atoms with E-state index < -0.39 is 23.3 Å². The molecule has 1 aliphatic carbocycles. The number of benzene rings is 1. The molecular formula is C15H13N3O3. The van der Waals surface area contributed by atoms with E-state index in [2.05, 4.69) is 5.32 Å². The highest BCUT2D eigenvalue weighted by Gasteiger charge is 2.57. The Kier molecular flexibility index (Phi) is 2.98. The van der Waals surface area contributed by atoms with E-state index in [1.807, 2.05) is 6.07 Å². The standard InChI is InChI=1S/C15H13N3O3/c16-9-6-10-2-4-11(5-3-10)18-13(20)15(7-1-8-15)12(19)17-14(18)21/h2-5H,1,6-8H2,(H,17,19,21). The quantitative estimate of drug-likeness (QED) is 0.833. The number of rotatable bonds is 2. The van der Waals surface area contributed by atoms with Gasteiger partial charge in [-0.1, -0.05) is 18.6 Å². The maximum atomic E-state index is 12.6. The van der Waals surface area contributed by atoms with Crippen LogP contribution >= 0.6 is 0 Å². The molecule has 6 heteroatoms. The van der Waals surface area contributed by atoms with Crippen LogP contribution in [0.2, 0.25) is 0 Å². The van der Waals surface area contributed by atoms with E-state index in [1.165, 1.54) is 0 Å². The molecule has 1 saturated carbocycles. The van der Waals surface area contributed by atoms with Crippen LogP contribution in [-0.2, 0) is 16.0 Å². The molecule has 1 spiro atoms. The molecule has 0 bridgehead atoms. The third-order valence-corrected chi connectivity index (χ3v) is 4.16. The number of nitriles is 1. The summed E-state index contributed by atoms with van der Waals surface area (Å²) in [7, 11) is 0. The molecule has 1 heterocycles. The third-order valence-electron chi connectivity index (χ3n) is 4.16. The van der Waals surface area contributed by atoms with E-state index in [-0.39, 0.29) is 6.42 Å².